The average Bonchev–Trinajstić information content (AvgIpc) is 3.22. The van der Waals surface area contributed by atoms with Crippen molar-refractivity contribution in [1.82, 2.24) is 15.1 Å². The van der Waals surface area contributed by atoms with E-state index in [-0.39, 0.29) is 34.3 Å². The minimum absolute atomic E-state index is 0.0440. The van der Waals surface area contributed by atoms with Gasteiger partial charge in [0.25, 0.3) is 0 Å². The Hall–Kier alpha value is -2.77. The van der Waals surface area contributed by atoms with Crippen LogP contribution in [0.4, 0.5) is 20.4 Å². The maximum Gasteiger partial charge on any atom is 0.458 e. The van der Waals surface area contributed by atoms with E-state index in [0.29, 0.717) is 0 Å². The highest BCUT2D eigenvalue weighted by Gasteiger charge is 2.54. The lowest BCUT2D eigenvalue weighted by atomic mass is 9.60. The molecule has 0 saturated carbocycles. The molecule has 3 rings (SSSR count). The monoisotopic (exact) mass is 597 g/mol. The number of fused-ring (bicyclic) bond motifs is 1. The number of para-hydroxylation sites is 1. The number of nitrogen functional groups attached to an aromatic ring is 1. The second-order valence-electron chi connectivity index (χ2n) is 9.54. The number of nitrogens with two attached hydrogens (primary N) is 1. The summed E-state index contributed by atoms with van der Waals surface area (Å²) in [6, 6.07) is 6.04. The highest BCUT2D eigenvalue weighted by molar-refractivity contribution is 7.52. The molecule has 2 aromatic rings. The molecule has 0 fully saturated rings. The molecule has 8 radical (unpaired) electrons. The average molecular weight is 597 g/mol. The maximum atomic E-state index is 16.3. The van der Waals surface area contributed by atoms with Crippen LogP contribution in [0.25, 0.3) is 0 Å². The second-order valence-corrected chi connectivity index (χ2v) is 11.2. The van der Waals surface area contributed by atoms with Crippen molar-refractivity contribution in [3.63, 3.8) is 0 Å². The number of aromatic nitrogens is 2. The van der Waals surface area contributed by atoms with Gasteiger partial charge in [0, 0.05) is 5.59 Å². The van der Waals surface area contributed by atoms with Gasteiger partial charge in [-0.2, -0.15) is 5.09 Å². The molecule has 4 unspecified atom stereocenters. The number of esters is 1. The molecule has 1 aliphatic heterocycles. The number of carbonyl (C=O) groups is 1. The van der Waals surface area contributed by atoms with Crippen molar-refractivity contribution < 1.29 is 41.8 Å². The third kappa shape index (κ3) is 7.59. The molecular weight excluding hydrogens is 570 g/mol. The fourth-order valence-electron chi connectivity index (χ4n) is 3.81. The van der Waals surface area contributed by atoms with Gasteiger partial charge in [-0.3, -0.25) is 14.3 Å². The summed E-state index contributed by atoms with van der Waals surface area (Å²) in [6.45, 7) is 1.33. The quantitative estimate of drug-likeness (QED) is 0.156. The van der Waals surface area contributed by atoms with E-state index in [1.165, 1.54) is 31.2 Å². The van der Waals surface area contributed by atoms with Gasteiger partial charge >= 0.3 is 13.7 Å². The first-order chi connectivity index (χ1) is 19.5. The fraction of sp³-hybridized carbons (Fsp3) is 0.478. The number of aliphatic imine (C=N–C) groups is 1. The molecule has 5 atom stereocenters. The first kappa shape index (κ1) is 33.7. The molecule has 2 heterocycles. The molecule has 12 nitrogen and oxygen atoms in total. The van der Waals surface area contributed by atoms with Gasteiger partial charge in [0.2, 0.25) is 11.8 Å². The molecule has 0 amide bonds. The van der Waals surface area contributed by atoms with E-state index in [1.54, 1.807) is 19.9 Å². The van der Waals surface area contributed by atoms with Gasteiger partial charge < -0.3 is 24.8 Å². The normalized spacial score (nSPS) is 19.2. The van der Waals surface area contributed by atoms with E-state index in [0.717, 1.165) is 0 Å². The number of aliphatic hydroxyl groups is 1. The van der Waals surface area contributed by atoms with Crippen molar-refractivity contribution in [3.8, 4) is 5.75 Å². The zero-order chi connectivity index (χ0) is 31.5. The molecule has 4 N–H and O–H groups in total. The number of ether oxygens (including phenoxy) is 2. The van der Waals surface area contributed by atoms with Gasteiger partial charge in [0.1, 0.15) is 62.6 Å². The third-order valence-corrected chi connectivity index (χ3v) is 7.45. The SMILES string of the molecule is [B]C1=Nc2c([B])nc(N)nc2C1C(CF)O[C@@](F)(CO)C([B])([B])OP(=O)(NC(C)C(=O)OC(C)C)Oc1ccccc1. The molecule has 0 spiro atoms. The fourth-order valence-corrected chi connectivity index (χ4v) is 5.47. The molecule has 19 heteroatoms. The van der Waals surface area contributed by atoms with Gasteiger partial charge in [-0.05, 0) is 38.5 Å². The molecule has 1 aromatic heterocycles. The van der Waals surface area contributed by atoms with E-state index in [9.17, 15) is 18.9 Å². The summed E-state index contributed by atoms with van der Waals surface area (Å²) >= 11 is 0. The van der Waals surface area contributed by atoms with Crippen LogP contribution in [0.15, 0.2) is 35.3 Å². The van der Waals surface area contributed by atoms with Crippen LogP contribution in [0.1, 0.15) is 32.4 Å². The highest BCUT2D eigenvalue weighted by atomic mass is 31.2. The summed E-state index contributed by atoms with van der Waals surface area (Å²) in [7, 11) is 18.6. The predicted molar refractivity (Wildman–Crippen MR) is 153 cm³/mol. The smallest absolute Gasteiger partial charge is 0.458 e. The van der Waals surface area contributed by atoms with Crippen LogP contribution in [-0.4, -0.2) is 101 Å². The number of rotatable bonds is 14. The molecule has 216 valence electrons. The maximum absolute atomic E-state index is 16.3. The van der Waals surface area contributed by atoms with E-state index in [1.807, 2.05) is 0 Å². The van der Waals surface area contributed by atoms with E-state index in [4.69, 9.17) is 55.6 Å². The number of halogens is 2. The minimum Gasteiger partial charge on any atom is -0.462 e. The number of benzene rings is 1. The Bertz CT molecular complexity index is 1360. The summed E-state index contributed by atoms with van der Waals surface area (Å²) in [5.74, 6) is -6.31. The number of hydrogen-bond donors (Lipinski definition) is 3. The minimum atomic E-state index is -4.91. The van der Waals surface area contributed by atoms with Gasteiger partial charge in [-0.15, -0.1) is 0 Å². The van der Waals surface area contributed by atoms with Gasteiger partial charge in [-0.1, -0.05) is 18.2 Å². The Morgan fingerprint density at radius 2 is 1.86 bits per heavy atom. The molecule has 0 saturated heterocycles. The third-order valence-electron chi connectivity index (χ3n) is 5.76. The lowest BCUT2D eigenvalue weighted by Gasteiger charge is -2.43. The largest absolute Gasteiger partial charge is 0.462 e. The molecule has 0 bridgehead atoms. The highest BCUT2D eigenvalue weighted by Crippen LogP contribution is 2.50. The standard InChI is InChI=1S/C23H26B4F2N5O7P/c1-11(2)38-20(36)12(3)34-42(37,40-13-7-5-4-6-8-13)41-23(26,27)22(29,10-35)39-14(9-28)15-16-17(31-18(15)24)19(25)33-21(30)32-16/h4-8,11-12,14-15,35H,9-10H2,1-3H3,(H,34,37)(H2,30,32,33)/t12?,14?,15?,22-,42?/m0/s1. The Morgan fingerprint density at radius 3 is 2.43 bits per heavy atom. The van der Waals surface area contributed by atoms with Crippen molar-refractivity contribution >= 4 is 67.9 Å². The molecule has 1 aliphatic rings. The zero-order valence-electron chi connectivity index (χ0n) is 22.9. The van der Waals surface area contributed by atoms with Crippen LogP contribution in [0.2, 0.25) is 0 Å². The van der Waals surface area contributed by atoms with Crippen LogP contribution in [-0.2, 0) is 23.4 Å². The summed E-state index contributed by atoms with van der Waals surface area (Å²) in [5.41, 5.74) is 5.03. The molecule has 0 aliphatic carbocycles. The predicted octanol–water partition coefficient (Wildman–Crippen LogP) is 0.285. The first-order valence-corrected chi connectivity index (χ1v) is 14.0. The van der Waals surface area contributed by atoms with E-state index in [2.05, 4.69) is 20.0 Å². The van der Waals surface area contributed by atoms with E-state index >= 15 is 4.39 Å². The zero-order valence-corrected chi connectivity index (χ0v) is 23.8. The van der Waals surface area contributed by atoms with Crippen molar-refractivity contribution in [2.75, 3.05) is 19.0 Å². The van der Waals surface area contributed by atoms with Crippen LogP contribution < -0.4 is 20.9 Å². The number of nitrogens with one attached hydrogen (secondary N) is 1. The summed E-state index contributed by atoms with van der Waals surface area (Å²) in [5, 5.41) is 8.94. The van der Waals surface area contributed by atoms with Crippen LogP contribution in [0.3, 0.4) is 0 Å². The van der Waals surface area contributed by atoms with Crippen molar-refractivity contribution in [2.24, 2.45) is 4.99 Å². The Morgan fingerprint density at radius 1 is 1.21 bits per heavy atom. The van der Waals surface area contributed by atoms with Crippen molar-refractivity contribution in [3.05, 3.63) is 36.0 Å². The number of nitrogens with zero attached hydrogens (tertiary/aromatic N) is 3. The number of anilines is 1. The number of carbonyl (C=O) groups excluding carboxylic acids is 1. The Balaban J connectivity index is 1.94. The lowest BCUT2D eigenvalue weighted by molar-refractivity contribution is -0.240. The number of aliphatic hydroxyl groups excluding tert-OH is 1. The Kier molecular flexibility index (Phi) is 10.6. The van der Waals surface area contributed by atoms with Gasteiger partial charge in [-0.25, -0.2) is 23.3 Å². The summed E-state index contributed by atoms with van der Waals surface area (Å²) < 4.78 is 65.5. The Labute approximate surface area is 246 Å². The summed E-state index contributed by atoms with van der Waals surface area (Å²) in [4.78, 5) is 24.1. The lowest BCUT2D eigenvalue weighted by Crippen LogP contribution is -2.60. The molecular formula is C23H26B4F2N5O7P. The first-order valence-electron chi connectivity index (χ1n) is 12.5. The van der Waals surface area contributed by atoms with E-state index < -0.39 is 62.4 Å². The summed E-state index contributed by atoms with van der Waals surface area (Å²) in [6.07, 6.45) is -2.43. The van der Waals surface area contributed by atoms with Crippen LogP contribution in [0.5, 0.6) is 5.75 Å². The molecule has 1 aromatic carbocycles. The topological polar surface area (TPSA) is 167 Å². The number of alkyl halides is 2. The van der Waals surface area contributed by atoms with Crippen molar-refractivity contribution in [1.29, 1.82) is 0 Å². The van der Waals surface area contributed by atoms with Crippen molar-refractivity contribution in [2.45, 2.75) is 56.2 Å². The second kappa shape index (κ2) is 13.3. The molecule has 42 heavy (non-hydrogen) atoms. The van der Waals surface area contributed by atoms with Gasteiger partial charge in [0.15, 0.2) is 0 Å². The number of hydrogen-bond acceptors (Lipinski definition) is 11. The van der Waals surface area contributed by atoms with Crippen LogP contribution in [0, 0.1) is 0 Å². The van der Waals surface area contributed by atoms with Gasteiger partial charge in [0.05, 0.1) is 28.8 Å². The van der Waals surface area contributed by atoms with Crippen LogP contribution >= 0.6 is 7.75 Å².